The largest absolute Gasteiger partial charge is 0.495 e. The molecule has 0 aliphatic rings. The molecular weight excluding hydrogens is 428 g/mol. The molecular formula is C20H19ClN4O4S. The SMILES string of the molecule is COc1cc(Cl)c(C)cc1-n1c(S[C@@H](C)C(=O)NC(N)=O)nc2ccccc2c1=O. The number of benzene rings is 2. The van der Waals surface area contributed by atoms with Gasteiger partial charge in [-0.2, -0.15) is 0 Å². The zero-order valence-electron chi connectivity index (χ0n) is 16.4. The summed E-state index contributed by atoms with van der Waals surface area (Å²) in [5, 5.41) is 2.43. The maximum atomic E-state index is 13.4. The van der Waals surface area contributed by atoms with Gasteiger partial charge in [0.2, 0.25) is 5.91 Å². The highest BCUT2D eigenvalue weighted by atomic mass is 35.5. The number of aryl methyl sites for hydroxylation is 1. The van der Waals surface area contributed by atoms with E-state index in [-0.39, 0.29) is 10.7 Å². The molecule has 0 fully saturated rings. The molecule has 3 rings (SSSR count). The molecule has 0 aliphatic heterocycles. The first-order valence-corrected chi connectivity index (χ1v) is 10.1. The van der Waals surface area contributed by atoms with Gasteiger partial charge in [-0.05, 0) is 37.6 Å². The molecule has 0 radical (unpaired) electrons. The summed E-state index contributed by atoms with van der Waals surface area (Å²) in [5.41, 5.74) is 6.36. The molecule has 0 spiro atoms. The van der Waals surface area contributed by atoms with Crippen molar-refractivity contribution in [2.24, 2.45) is 5.73 Å². The van der Waals surface area contributed by atoms with E-state index in [2.05, 4.69) is 4.98 Å². The van der Waals surface area contributed by atoms with Crippen molar-refractivity contribution in [1.29, 1.82) is 0 Å². The smallest absolute Gasteiger partial charge is 0.318 e. The Morgan fingerprint density at radius 2 is 2.00 bits per heavy atom. The minimum absolute atomic E-state index is 0.255. The van der Waals surface area contributed by atoms with Crippen molar-refractivity contribution in [2.75, 3.05) is 7.11 Å². The molecule has 0 saturated carbocycles. The van der Waals surface area contributed by atoms with Gasteiger partial charge in [0.15, 0.2) is 5.16 Å². The number of halogens is 1. The molecule has 0 unspecified atom stereocenters. The number of fused-ring (bicyclic) bond motifs is 1. The van der Waals surface area contributed by atoms with E-state index in [0.717, 1.165) is 17.3 Å². The lowest BCUT2D eigenvalue weighted by Crippen LogP contribution is -2.39. The molecule has 10 heteroatoms. The van der Waals surface area contributed by atoms with E-state index in [1.165, 1.54) is 11.7 Å². The molecule has 0 saturated heterocycles. The number of urea groups is 1. The topological polar surface area (TPSA) is 116 Å². The number of ether oxygens (including phenoxy) is 1. The predicted molar refractivity (Wildman–Crippen MR) is 117 cm³/mol. The summed E-state index contributed by atoms with van der Waals surface area (Å²) in [6.45, 7) is 3.39. The predicted octanol–water partition coefficient (Wildman–Crippen LogP) is 3.03. The average Bonchev–Trinajstić information content (AvgIpc) is 2.69. The Balaban J connectivity index is 2.25. The van der Waals surface area contributed by atoms with Crippen LogP contribution in [0.4, 0.5) is 4.79 Å². The fraction of sp³-hybridized carbons (Fsp3) is 0.200. The van der Waals surface area contributed by atoms with Crippen LogP contribution in [0.3, 0.4) is 0 Å². The summed E-state index contributed by atoms with van der Waals surface area (Å²) in [5.74, 6) is -0.221. The lowest BCUT2D eigenvalue weighted by molar-refractivity contribution is -0.119. The van der Waals surface area contributed by atoms with E-state index < -0.39 is 17.2 Å². The highest BCUT2D eigenvalue weighted by molar-refractivity contribution is 8.00. The van der Waals surface area contributed by atoms with Gasteiger partial charge in [0.05, 0.1) is 29.0 Å². The Hall–Kier alpha value is -3.04. The van der Waals surface area contributed by atoms with Crippen LogP contribution in [-0.2, 0) is 4.79 Å². The number of amides is 3. The number of carbonyl (C=O) groups is 2. The molecule has 0 aliphatic carbocycles. The number of nitrogens with two attached hydrogens (primary N) is 1. The Morgan fingerprint density at radius 3 is 2.67 bits per heavy atom. The summed E-state index contributed by atoms with van der Waals surface area (Å²) >= 11 is 7.23. The zero-order valence-corrected chi connectivity index (χ0v) is 18.0. The number of hydrogen-bond donors (Lipinski definition) is 2. The second-order valence-electron chi connectivity index (χ2n) is 6.44. The number of methoxy groups -OCH3 is 1. The highest BCUT2D eigenvalue weighted by Gasteiger charge is 2.23. The first kappa shape index (κ1) is 21.7. The van der Waals surface area contributed by atoms with Crippen LogP contribution < -0.4 is 21.3 Å². The lowest BCUT2D eigenvalue weighted by Gasteiger charge is -2.18. The molecule has 2 aromatic carbocycles. The maximum absolute atomic E-state index is 13.4. The van der Waals surface area contributed by atoms with Gasteiger partial charge in [-0.25, -0.2) is 9.78 Å². The monoisotopic (exact) mass is 446 g/mol. The van der Waals surface area contributed by atoms with Crippen molar-refractivity contribution in [3.63, 3.8) is 0 Å². The number of carbonyl (C=O) groups excluding carboxylic acids is 2. The van der Waals surface area contributed by atoms with Crippen molar-refractivity contribution >= 4 is 46.2 Å². The summed E-state index contributed by atoms with van der Waals surface area (Å²) in [6, 6.07) is 9.28. The van der Waals surface area contributed by atoms with Crippen molar-refractivity contribution < 1.29 is 14.3 Å². The molecule has 3 amide bonds. The van der Waals surface area contributed by atoms with Crippen LogP contribution in [0.1, 0.15) is 12.5 Å². The second kappa shape index (κ2) is 8.76. The number of nitrogens with zero attached hydrogens (tertiary/aromatic N) is 2. The first-order chi connectivity index (χ1) is 14.2. The number of rotatable bonds is 5. The number of imide groups is 1. The van der Waals surface area contributed by atoms with Gasteiger partial charge in [-0.3, -0.25) is 19.5 Å². The standard InChI is InChI=1S/C20H19ClN4O4S/c1-10-8-15(16(29-3)9-13(10)21)25-18(27)12-6-4-5-7-14(12)23-20(25)30-11(2)17(26)24-19(22)28/h4-9,11H,1-3H3,(H3,22,24,26,28)/t11-/m0/s1. The van der Waals surface area contributed by atoms with Crippen molar-refractivity contribution in [2.45, 2.75) is 24.3 Å². The summed E-state index contributed by atoms with van der Waals surface area (Å²) in [6.07, 6.45) is 0. The zero-order chi connectivity index (χ0) is 22.0. The Morgan fingerprint density at radius 1 is 1.30 bits per heavy atom. The maximum Gasteiger partial charge on any atom is 0.318 e. The number of hydrogen-bond acceptors (Lipinski definition) is 6. The molecule has 3 N–H and O–H groups in total. The Kier molecular flexibility index (Phi) is 6.33. The summed E-state index contributed by atoms with van der Waals surface area (Å²) < 4.78 is 6.82. The van der Waals surface area contributed by atoms with Gasteiger partial charge in [0.1, 0.15) is 5.75 Å². The Labute approximate surface area is 181 Å². The van der Waals surface area contributed by atoms with Crippen LogP contribution in [0.25, 0.3) is 16.6 Å². The van der Waals surface area contributed by atoms with E-state index in [4.69, 9.17) is 22.1 Å². The number of thioether (sulfide) groups is 1. The third-order valence-corrected chi connectivity index (χ3v) is 5.80. The second-order valence-corrected chi connectivity index (χ2v) is 8.15. The summed E-state index contributed by atoms with van der Waals surface area (Å²) in [7, 11) is 1.47. The number of para-hydroxylation sites is 1. The molecule has 1 atom stereocenters. The van der Waals surface area contributed by atoms with Gasteiger partial charge in [-0.1, -0.05) is 35.5 Å². The molecule has 0 bridgehead atoms. The van der Waals surface area contributed by atoms with Crippen LogP contribution in [0, 0.1) is 6.92 Å². The van der Waals surface area contributed by atoms with Crippen molar-refractivity contribution in [3.05, 3.63) is 57.3 Å². The van der Waals surface area contributed by atoms with Crippen LogP contribution in [0.5, 0.6) is 5.75 Å². The van der Waals surface area contributed by atoms with E-state index in [1.54, 1.807) is 50.2 Å². The van der Waals surface area contributed by atoms with E-state index in [0.29, 0.717) is 27.4 Å². The molecule has 8 nitrogen and oxygen atoms in total. The summed E-state index contributed by atoms with van der Waals surface area (Å²) in [4.78, 5) is 41.2. The van der Waals surface area contributed by atoms with Gasteiger partial charge < -0.3 is 10.5 Å². The number of aromatic nitrogens is 2. The van der Waals surface area contributed by atoms with Crippen molar-refractivity contribution in [1.82, 2.24) is 14.9 Å². The van der Waals surface area contributed by atoms with Gasteiger partial charge in [0, 0.05) is 11.1 Å². The minimum atomic E-state index is -0.952. The molecule has 30 heavy (non-hydrogen) atoms. The normalized spacial score (nSPS) is 11.9. The van der Waals surface area contributed by atoms with Crippen LogP contribution in [0.15, 0.2) is 46.3 Å². The highest BCUT2D eigenvalue weighted by Crippen LogP contribution is 2.33. The van der Waals surface area contributed by atoms with Gasteiger partial charge in [0.25, 0.3) is 5.56 Å². The third-order valence-electron chi connectivity index (χ3n) is 4.34. The number of primary amides is 1. The van der Waals surface area contributed by atoms with Gasteiger partial charge >= 0.3 is 6.03 Å². The van der Waals surface area contributed by atoms with Crippen molar-refractivity contribution in [3.8, 4) is 11.4 Å². The fourth-order valence-corrected chi connectivity index (χ4v) is 3.90. The first-order valence-electron chi connectivity index (χ1n) is 8.86. The number of nitrogens with one attached hydrogen (secondary N) is 1. The third kappa shape index (κ3) is 4.27. The molecule has 1 aromatic heterocycles. The van der Waals surface area contributed by atoms with Crippen LogP contribution in [0.2, 0.25) is 5.02 Å². The minimum Gasteiger partial charge on any atom is -0.495 e. The Bertz CT molecular complexity index is 1210. The molecule has 156 valence electrons. The van der Waals surface area contributed by atoms with Crippen LogP contribution >= 0.6 is 23.4 Å². The molecule has 3 aromatic rings. The quantitative estimate of drug-likeness (QED) is 0.459. The van der Waals surface area contributed by atoms with Crippen LogP contribution in [-0.4, -0.2) is 33.8 Å². The van der Waals surface area contributed by atoms with E-state index in [1.807, 2.05) is 5.32 Å². The van der Waals surface area contributed by atoms with Gasteiger partial charge in [-0.15, -0.1) is 0 Å². The average molecular weight is 447 g/mol. The van der Waals surface area contributed by atoms with E-state index >= 15 is 0 Å². The fourth-order valence-electron chi connectivity index (χ4n) is 2.82. The van der Waals surface area contributed by atoms with E-state index in [9.17, 15) is 14.4 Å². The molecule has 1 heterocycles. The lowest BCUT2D eigenvalue weighted by atomic mass is 10.2.